The van der Waals surface area contributed by atoms with E-state index in [2.05, 4.69) is 58.5 Å². The van der Waals surface area contributed by atoms with Crippen molar-refractivity contribution in [1.82, 2.24) is 20.4 Å². The van der Waals surface area contributed by atoms with Crippen LogP contribution in [0, 0.1) is 13.8 Å². The van der Waals surface area contributed by atoms with Gasteiger partial charge in [-0.2, -0.15) is 20.4 Å². The zero-order chi connectivity index (χ0) is 20.6. The summed E-state index contributed by atoms with van der Waals surface area (Å²) in [7, 11) is 0. The second-order valence-corrected chi connectivity index (χ2v) is 7.90. The summed E-state index contributed by atoms with van der Waals surface area (Å²) in [6.45, 7) is 8.50. The maximum Gasteiger partial charge on any atom is 0.0606 e. The minimum atomic E-state index is 0.951. The predicted octanol–water partition coefficient (Wildman–Crippen LogP) is 6.29. The monoisotopic (exact) mass is 388 g/mol. The summed E-state index contributed by atoms with van der Waals surface area (Å²) in [5, 5.41) is 16.7. The standard InChI is InChI=1S/C25H32N4/c1-5-7-8-9-11-21-15-24(22-12-18(3)28-26-16-22)20(10-6-2)14-25(21)23-13-19(4)29-27-17-23/h12-17H,5-11H2,1-4H3. The molecule has 0 saturated heterocycles. The molecule has 0 unspecified atom stereocenters. The van der Waals surface area contributed by atoms with Crippen LogP contribution in [0.25, 0.3) is 22.3 Å². The van der Waals surface area contributed by atoms with Crippen molar-refractivity contribution in [1.29, 1.82) is 0 Å². The fraction of sp³-hybridized carbons (Fsp3) is 0.440. The molecule has 2 heterocycles. The van der Waals surface area contributed by atoms with Crippen molar-refractivity contribution in [3.8, 4) is 22.3 Å². The van der Waals surface area contributed by atoms with Crippen molar-refractivity contribution in [3.63, 3.8) is 0 Å². The topological polar surface area (TPSA) is 51.6 Å². The molecular weight excluding hydrogens is 356 g/mol. The average molecular weight is 389 g/mol. The number of rotatable bonds is 9. The van der Waals surface area contributed by atoms with Gasteiger partial charge in [0.05, 0.1) is 23.8 Å². The van der Waals surface area contributed by atoms with E-state index in [1.54, 1.807) is 0 Å². The van der Waals surface area contributed by atoms with Crippen molar-refractivity contribution in [2.75, 3.05) is 0 Å². The van der Waals surface area contributed by atoms with Gasteiger partial charge in [-0.3, -0.25) is 0 Å². The SMILES string of the molecule is CCCCCCc1cc(-c2cnnc(C)c2)c(CCC)cc1-c1cnnc(C)c1. The van der Waals surface area contributed by atoms with Crippen LogP contribution in [-0.2, 0) is 12.8 Å². The second-order valence-electron chi connectivity index (χ2n) is 7.90. The fourth-order valence-corrected chi connectivity index (χ4v) is 3.89. The van der Waals surface area contributed by atoms with E-state index in [1.165, 1.54) is 47.9 Å². The van der Waals surface area contributed by atoms with E-state index in [4.69, 9.17) is 0 Å². The second kappa shape index (κ2) is 10.2. The van der Waals surface area contributed by atoms with E-state index < -0.39 is 0 Å². The summed E-state index contributed by atoms with van der Waals surface area (Å²) in [6.07, 6.45) is 12.0. The Morgan fingerprint density at radius 2 is 1.17 bits per heavy atom. The lowest BCUT2D eigenvalue weighted by atomic mass is 9.88. The van der Waals surface area contributed by atoms with Crippen LogP contribution in [-0.4, -0.2) is 20.4 Å². The van der Waals surface area contributed by atoms with Gasteiger partial charge in [-0.1, -0.05) is 51.7 Å². The smallest absolute Gasteiger partial charge is 0.0606 e. The average Bonchev–Trinajstić information content (AvgIpc) is 2.72. The summed E-state index contributed by atoms with van der Waals surface area (Å²) in [6, 6.07) is 9.05. The molecule has 0 fully saturated rings. The van der Waals surface area contributed by atoms with Crippen molar-refractivity contribution in [2.45, 2.75) is 72.6 Å². The Hall–Kier alpha value is -2.62. The van der Waals surface area contributed by atoms with Crippen LogP contribution in [0.4, 0.5) is 0 Å². The molecule has 0 atom stereocenters. The van der Waals surface area contributed by atoms with E-state index in [0.717, 1.165) is 41.8 Å². The zero-order valence-corrected chi connectivity index (χ0v) is 18.2. The lowest BCUT2D eigenvalue weighted by Gasteiger charge is -2.17. The van der Waals surface area contributed by atoms with Gasteiger partial charge in [-0.15, -0.1) is 0 Å². The maximum absolute atomic E-state index is 4.21. The molecule has 0 aliphatic rings. The Bertz CT molecular complexity index is 949. The quantitative estimate of drug-likeness (QED) is 0.404. The highest BCUT2D eigenvalue weighted by atomic mass is 15.1. The normalized spacial score (nSPS) is 11.0. The molecule has 0 saturated carbocycles. The van der Waals surface area contributed by atoms with Gasteiger partial charge in [0.25, 0.3) is 0 Å². The van der Waals surface area contributed by atoms with Crippen LogP contribution in [0.3, 0.4) is 0 Å². The Labute approximate surface area is 174 Å². The van der Waals surface area contributed by atoms with Crippen LogP contribution >= 0.6 is 0 Å². The number of unbranched alkanes of at least 4 members (excludes halogenated alkanes) is 3. The van der Waals surface area contributed by atoms with E-state index in [-0.39, 0.29) is 0 Å². The van der Waals surface area contributed by atoms with E-state index in [0.29, 0.717) is 0 Å². The predicted molar refractivity (Wildman–Crippen MR) is 120 cm³/mol. The van der Waals surface area contributed by atoms with Gasteiger partial charge in [0, 0.05) is 11.1 Å². The highest BCUT2D eigenvalue weighted by Gasteiger charge is 2.14. The summed E-state index contributed by atoms with van der Waals surface area (Å²) in [5.41, 5.74) is 9.56. The van der Waals surface area contributed by atoms with Crippen molar-refractivity contribution < 1.29 is 0 Å². The largest absolute Gasteiger partial charge is 0.158 e. The third-order valence-electron chi connectivity index (χ3n) is 5.32. The van der Waals surface area contributed by atoms with E-state index >= 15 is 0 Å². The first-order valence-corrected chi connectivity index (χ1v) is 10.9. The van der Waals surface area contributed by atoms with Crippen LogP contribution < -0.4 is 0 Å². The van der Waals surface area contributed by atoms with Gasteiger partial charge in [-0.25, -0.2) is 0 Å². The molecule has 4 heteroatoms. The van der Waals surface area contributed by atoms with Gasteiger partial charge in [-0.05, 0) is 67.5 Å². The molecular formula is C25H32N4. The Morgan fingerprint density at radius 1 is 0.621 bits per heavy atom. The zero-order valence-electron chi connectivity index (χ0n) is 18.2. The number of aromatic nitrogens is 4. The molecule has 0 aliphatic heterocycles. The number of nitrogens with zero attached hydrogens (tertiary/aromatic N) is 4. The Kier molecular flexibility index (Phi) is 7.45. The molecule has 0 aliphatic carbocycles. The van der Waals surface area contributed by atoms with Gasteiger partial charge in [0.1, 0.15) is 0 Å². The molecule has 1 aromatic carbocycles. The number of hydrogen-bond donors (Lipinski definition) is 0. The van der Waals surface area contributed by atoms with Crippen LogP contribution in [0.15, 0.2) is 36.7 Å². The third-order valence-corrected chi connectivity index (χ3v) is 5.32. The van der Waals surface area contributed by atoms with Crippen LogP contribution in [0.2, 0.25) is 0 Å². The van der Waals surface area contributed by atoms with Gasteiger partial charge in [0.15, 0.2) is 0 Å². The molecule has 0 radical (unpaired) electrons. The van der Waals surface area contributed by atoms with Crippen LogP contribution in [0.5, 0.6) is 0 Å². The first-order valence-electron chi connectivity index (χ1n) is 10.9. The molecule has 0 spiro atoms. The van der Waals surface area contributed by atoms with E-state index in [9.17, 15) is 0 Å². The lowest BCUT2D eigenvalue weighted by molar-refractivity contribution is 0.667. The summed E-state index contributed by atoms with van der Waals surface area (Å²) < 4.78 is 0. The molecule has 3 aromatic rings. The maximum atomic E-state index is 4.21. The molecule has 29 heavy (non-hydrogen) atoms. The highest BCUT2D eigenvalue weighted by molar-refractivity contribution is 5.76. The lowest BCUT2D eigenvalue weighted by Crippen LogP contribution is -2.00. The Morgan fingerprint density at radius 3 is 1.66 bits per heavy atom. The minimum absolute atomic E-state index is 0.951. The molecule has 0 amide bonds. The van der Waals surface area contributed by atoms with Gasteiger partial charge in [0.2, 0.25) is 0 Å². The number of benzene rings is 1. The third kappa shape index (κ3) is 5.47. The minimum Gasteiger partial charge on any atom is -0.158 e. The number of hydrogen-bond acceptors (Lipinski definition) is 4. The van der Waals surface area contributed by atoms with E-state index in [1.807, 2.05) is 26.2 Å². The first-order chi connectivity index (χ1) is 14.1. The Balaban J connectivity index is 2.11. The molecule has 3 rings (SSSR count). The molecule has 2 aromatic heterocycles. The van der Waals surface area contributed by atoms with Crippen molar-refractivity contribution >= 4 is 0 Å². The van der Waals surface area contributed by atoms with Crippen LogP contribution in [0.1, 0.15) is 68.5 Å². The van der Waals surface area contributed by atoms with Gasteiger partial charge < -0.3 is 0 Å². The van der Waals surface area contributed by atoms with Crippen molar-refractivity contribution in [2.24, 2.45) is 0 Å². The summed E-state index contributed by atoms with van der Waals surface area (Å²) >= 11 is 0. The molecule has 0 N–H and O–H groups in total. The highest BCUT2D eigenvalue weighted by Crippen LogP contribution is 2.34. The summed E-state index contributed by atoms with van der Waals surface area (Å²) in [4.78, 5) is 0. The fourth-order valence-electron chi connectivity index (χ4n) is 3.89. The van der Waals surface area contributed by atoms with Crippen molar-refractivity contribution in [3.05, 3.63) is 59.2 Å². The molecule has 0 bridgehead atoms. The summed E-state index contributed by atoms with van der Waals surface area (Å²) in [5.74, 6) is 0. The molecule has 152 valence electrons. The molecule has 4 nitrogen and oxygen atoms in total. The van der Waals surface area contributed by atoms with Gasteiger partial charge >= 0.3 is 0 Å². The number of aryl methyl sites for hydroxylation is 4. The first kappa shape index (κ1) is 21.1.